The smallest absolute Gasteiger partial charge is 0.101 e. The maximum absolute atomic E-state index is 9.02. The van der Waals surface area contributed by atoms with E-state index in [0.29, 0.717) is 12.1 Å². The third-order valence-electron chi connectivity index (χ3n) is 2.38. The van der Waals surface area contributed by atoms with Crippen molar-refractivity contribution in [3.8, 4) is 6.07 Å². The Kier molecular flexibility index (Phi) is 5.30. The molecule has 86 valence electrons. The molecule has 3 N–H and O–H groups in total. The van der Waals surface area contributed by atoms with Crippen molar-refractivity contribution in [1.82, 2.24) is 0 Å². The zero-order chi connectivity index (χ0) is 12.0. The van der Waals surface area contributed by atoms with Crippen LogP contribution in [0.2, 0.25) is 0 Å². The molecule has 1 atom stereocenters. The molecule has 0 heterocycles. The van der Waals surface area contributed by atoms with E-state index in [4.69, 9.17) is 11.0 Å². The maximum atomic E-state index is 9.02. The van der Waals surface area contributed by atoms with Crippen molar-refractivity contribution in [1.29, 1.82) is 5.26 Å². The quantitative estimate of drug-likeness (QED) is 0.873. The van der Waals surface area contributed by atoms with Gasteiger partial charge in [0.15, 0.2) is 0 Å². The summed E-state index contributed by atoms with van der Waals surface area (Å²) < 4.78 is 0.911. The Balaban J connectivity index is 2.83. The van der Waals surface area contributed by atoms with Crippen LogP contribution in [0, 0.1) is 11.3 Å². The van der Waals surface area contributed by atoms with Gasteiger partial charge in [-0.05, 0) is 24.6 Å². The van der Waals surface area contributed by atoms with Gasteiger partial charge in [-0.1, -0.05) is 29.3 Å². The largest absolute Gasteiger partial charge is 0.380 e. The Labute approximate surface area is 105 Å². The summed E-state index contributed by atoms with van der Waals surface area (Å²) in [5.74, 6) is 0. The minimum absolute atomic E-state index is 0.235. The number of hydrogen-bond acceptors (Lipinski definition) is 3. The lowest BCUT2D eigenvalue weighted by Crippen LogP contribution is -2.28. The Bertz CT molecular complexity index is 384. The van der Waals surface area contributed by atoms with Crippen LogP contribution in [-0.4, -0.2) is 12.6 Å². The van der Waals surface area contributed by atoms with Crippen LogP contribution in [0.3, 0.4) is 0 Å². The zero-order valence-corrected chi connectivity index (χ0v) is 10.9. The molecule has 3 nitrogen and oxygen atoms in total. The summed E-state index contributed by atoms with van der Waals surface area (Å²) in [6, 6.07) is 8.04. The second kappa shape index (κ2) is 6.51. The highest BCUT2D eigenvalue weighted by molar-refractivity contribution is 9.10. The summed E-state index contributed by atoms with van der Waals surface area (Å²) in [5, 5.41) is 12.3. The highest BCUT2D eigenvalue weighted by Gasteiger charge is 2.08. The van der Waals surface area contributed by atoms with Gasteiger partial charge < -0.3 is 11.1 Å². The minimum Gasteiger partial charge on any atom is -0.380 e. The van der Waals surface area contributed by atoms with Gasteiger partial charge in [-0.2, -0.15) is 5.26 Å². The predicted molar refractivity (Wildman–Crippen MR) is 70.2 cm³/mol. The molecule has 0 radical (unpaired) electrons. The van der Waals surface area contributed by atoms with E-state index in [1.54, 1.807) is 0 Å². The lowest BCUT2D eigenvalue weighted by atomic mass is 10.1. The van der Waals surface area contributed by atoms with Gasteiger partial charge in [0.1, 0.15) is 6.07 Å². The Hall–Kier alpha value is -1.05. The van der Waals surface area contributed by atoms with Crippen LogP contribution in [0.15, 0.2) is 22.7 Å². The van der Waals surface area contributed by atoms with Gasteiger partial charge >= 0.3 is 0 Å². The van der Waals surface area contributed by atoms with Crippen molar-refractivity contribution in [2.45, 2.75) is 25.8 Å². The third-order valence-corrected chi connectivity index (χ3v) is 2.88. The van der Waals surface area contributed by atoms with E-state index in [9.17, 15) is 0 Å². The Morgan fingerprint density at radius 3 is 2.88 bits per heavy atom. The molecule has 0 aliphatic carbocycles. The molecule has 0 fully saturated rings. The fraction of sp³-hybridized carbons (Fsp3) is 0.417. The molecule has 1 aromatic rings. The third kappa shape index (κ3) is 3.51. The van der Waals surface area contributed by atoms with Gasteiger partial charge in [-0.3, -0.25) is 0 Å². The van der Waals surface area contributed by atoms with Gasteiger partial charge in [0.05, 0.1) is 11.3 Å². The number of benzene rings is 1. The molecule has 0 aliphatic rings. The van der Waals surface area contributed by atoms with Crippen LogP contribution in [-0.2, 0) is 0 Å². The highest BCUT2D eigenvalue weighted by atomic mass is 79.9. The summed E-state index contributed by atoms with van der Waals surface area (Å²) in [6.07, 6.45) is 2.09. The number of halogens is 1. The lowest BCUT2D eigenvalue weighted by Gasteiger charge is -2.18. The normalized spacial score (nSPS) is 11.9. The second-order valence-corrected chi connectivity index (χ2v) is 4.58. The van der Waals surface area contributed by atoms with E-state index in [1.165, 1.54) is 0 Å². The summed E-state index contributed by atoms with van der Waals surface area (Å²) in [7, 11) is 0. The molecule has 4 heteroatoms. The molecule has 1 rings (SSSR count). The molecule has 0 aromatic heterocycles. The Morgan fingerprint density at radius 1 is 1.56 bits per heavy atom. The van der Waals surface area contributed by atoms with Gasteiger partial charge in [0.2, 0.25) is 0 Å². The maximum Gasteiger partial charge on any atom is 0.101 e. The van der Waals surface area contributed by atoms with Crippen LogP contribution in [0.5, 0.6) is 0 Å². The average Bonchev–Trinajstić information content (AvgIpc) is 2.30. The van der Waals surface area contributed by atoms with E-state index >= 15 is 0 Å². The van der Waals surface area contributed by atoms with Crippen molar-refractivity contribution >= 4 is 21.6 Å². The molecule has 1 aromatic carbocycles. The van der Waals surface area contributed by atoms with Crippen molar-refractivity contribution < 1.29 is 0 Å². The van der Waals surface area contributed by atoms with Crippen LogP contribution >= 0.6 is 15.9 Å². The number of anilines is 1. The van der Waals surface area contributed by atoms with E-state index in [-0.39, 0.29) is 6.04 Å². The first-order valence-corrected chi connectivity index (χ1v) is 6.16. The van der Waals surface area contributed by atoms with Crippen molar-refractivity contribution in [3.05, 3.63) is 28.2 Å². The van der Waals surface area contributed by atoms with Crippen LogP contribution < -0.4 is 11.1 Å². The number of nitrogens with one attached hydrogen (secondary N) is 1. The molecule has 0 saturated carbocycles. The van der Waals surface area contributed by atoms with Crippen LogP contribution in [0.4, 0.5) is 5.69 Å². The standard InChI is InChI=1S/C12H16BrN3/c1-2-3-11(8-15)16-12-5-4-10(13)6-9(12)7-14/h4-6,11,16H,2-3,8,15H2,1H3. The van der Waals surface area contributed by atoms with E-state index < -0.39 is 0 Å². The van der Waals surface area contributed by atoms with Gasteiger partial charge in [0, 0.05) is 17.1 Å². The molecule has 0 aliphatic heterocycles. The average molecular weight is 282 g/mol. The lowest BCUT2D eigenvalue weighted by molar-refractivity contribution is 0.648. The molecule has 0 spiro atoms. The van der Waals surface area contributed by atoms with Gasteiger partial charge in [-0.15, -0.1) is 0 Å². The molecule has 0 amide bonds. The van der Waals surface area contributed by atoms with Gasteiger partial charge in [0.25, 0.3) is 0 Å². The van der Waals surface area contributed by atoms with Crippen molar-refractivity contribution in [2.75, 3.05) is 11.9 Å². The number of hydrogen-bond donors (Lipinski definition) is 2. The monoisotopic (exact) mass is 281 g/mol. The summed E-state index contributed by atoms with van der Waals surface area (Å²) in [5.41, 5.74) is 7.17. The number of nitrogens with zero attached hydrogens (tertiary/aromatic N) is 1. The Morgan fingerprint density at radius 2 is 2.31 bits per heavy atom. The van der Waals surface area contributed by atoms with Crippen molar-refractivity contribution in [2.24, 2.45) is 5.73 Å². The first-order chi connectivity index (χ1) is 7.71. The van der Waals surface area contributed by atoms with Crippen molar-refractivity contribution in [3.63, 3.8) is 0 Å². The van der Waals surface area contributed by atoms with Gasteiger partial charge in [-0.25, -0.2) is 0 Å². The SMILES string of the molecule is CCCC(CN)Nc1ccc(Br)cc1C#N. The molecular formula is C12H16BrN3. The van der Waals surface area contributed by atoms with Crippen LogP contribution in [0.1, 0.15) is 25.3 Å². The molecule has 0 saturated heterocycles. The van der Waals surface area contributed by atoms with Crippen LogP contribution in [0.25, 0.3) is 0 Å². The molecule has 1 unspecified atom stereocenters. The fourth-order valence-corrected chi connectivity index (χ4v) is 1.91. The zero-order valence-electron chi connectivity index (χ0n) is 9.33. The first-order valence-electron chi connectivity index (χ1n) is 5.37. The number of rotatable bonds is 5. The highest BCUT2D eigenvalue weighted by Crippen LogP contribution is 2.21. The summed E-state index contributed by atoms with van der Waals surface area (Å²) >= 11 is 3.35. The molecule has 16 heavy (non-hydrogen) atoms. The molecular weight excluding hydrogens is 266 g/mol. The summed E-state index contributed by atoms with van der Waals surface area (Å²) in [6.45, 7) is 2.70. The summed E-state index contributed by atoms with van der Waals surface area (Å²) in [4.78, 5) is 0. The molecule has 0 bridgehead atoms. The van der Waals surface area contributed by atoms with E-state index in [2.05, 4.69) is 34.2 Å². The number of nitrogens with two attached hydrogens (primary N) is 1. The van der Waals surface area contributed by atoms with E-state index in [1.807, 2.05) is 18.2 Å². The first kappa shape index (κ1) is 13.0. The van der Waals surface area contributed by atoms with E-state index in [0.717, 1.165) is 23.0 Å². The topological polar surface area (TPSA) is 61.8 Å². The predicted octanol–water partition coefficient (Wildman–Crippen LogP) is 2.86. The second-order valence-electron chi connectivity index (χ2n) is 3.67. The minimum atomic E-state index is 0.235. The number of nitriles is 1. The fourth-order valence-electron chi connectivity index (χ4n) is 1.55.